The van der Waals surface area contributed by atoms with Gasteiger partial charge in [0, 0.05) is 6.54 Å². The lowest BCUT2D eigenvalue weighted by Crippen LogP contribution is -2.55. The Labute approximate surface area is 105 Å². The number of fused-ring (bicyclic) bond motifs is 1. The highest BCUT2D eigenvalue weighted by atomic mass is 16.2. The van der Waals surface area contributed by atoms with Crippen LogP contribution in [-0.4, -0.2) is 42.0 Å². The van der Waals surface area contributed by atoms with Crippen molar-refractivity contribution in [3.8, 4) is 0 Å². The Morgan fingerprint density at radius 2 is 2.00 bits per heavy atom. The van der Waals surface area contributed by atoms with Gasteiger partial charge in [-0.15, -0.1) is 0 Å². The first kappa shape index (κ1) is 11.1. The van der Waals surface area contributed by atoms with E-state index in [1.165, 1.54) is 5.56 Å². The molecule has 5 heteroatoms. The van der Waals surface area contributed by atoms with Crippen LogP contribution in [0.25, 0.3) is 0 Å². The highest BCUT2D eigenvalue weighted by Crippen LogP contribution is 2.19. The molecule has 3 amide bonds. The van der Waals surface area contributed by atoms with Crippen molar-refractivity contribution in [2.24, 2.45) is 0 Å². The summed E-state index contributed by atoms with van der Waals surface area (Å²) in [6.45, 7) is 0.705. The Bertz CT molecular complexity index is 474. The molecule has 0 aromatic heterocycles. The highest BCUT2D eigenvalue weighted by Gasteiger charge is 2.42. The van der Waals surface area contributed by atoms with Gasteiger partial charge < -0.3 is 15.5 Å². The number of piperazine rings is 1. The normalized spacial score (nSPS) is 26.6. The Balaban J connectivity index is 1.74. The molecule has 0 radical (unpaired) electrons. The van der Waals surface area contributed by atoms with E-state index in [0.29, 0.717) is 6.54 Å². The molecular weight excluding hydrogens is 230 g/mol. The van der Waals surface area contributed by atoms with Gasteiger partial charge in [0.25, 0.3) is 0 Å². The third-order valence-corrected chi connectivity index (χ3v) is 3.56. The van der Waals surface area contributed by atoms with E-state index in [-0.39, 0.29) is 30.6 Å². The van der Waals surface area contributed by atoms with E-state index < -0.39 is 0 Å². The number of carbonyl (C=O) groups excluding carboxylic acids is 2. The van der Waals surface area contributed by atoms with Crippen LogP contribution in [0.2, 0.25) is 0 Å². The van der Waals surface area contributed by atoms with Gasteiger partial charge in [-0.25, -0.2) is 4.79 Å². The molecule has 1 aromatic rings. The number of rotatable bonds is 2. The maximum absolute atomic E-state index is 11.8. The Morgan fingerprint density at radius 1 is 1.22 bits per heavy atom. The van der Waals surface area contributed by atoms with Crippen LogP contribution in [0, 0.1) is 0 Å². The van der Waals surface area contributed by atoms with Gasteiger partial charge in [-0.2, -0.15) is 0 Å². The van der Waals surface area contributed by atoms with Gasteiger partial charge in [0.2, 0.25) is 5.91 Å². The molecule has 3 rings (SSSR count). The summed E-state index contributed by atoms with van der Waals surface area (Å²) in [5, 5.41) is 5.78. The average molecular weight is 245 g/mol. The van der Waals surface area contributed by atoms with E-state index in [0.717, 1.165) is 6.42 Å². The second kappa shape index (κ2) is 4.33. The first-order chi connectivity index (χ1) is 8.74. The van der Waals surface area contributed by atoms with E-state index in [4.69, 9.17) is 0 Å². The van der Waals surface area contributed by atoms with Gasteiger partial charge in [-0.3, -0.25) is 4.79 Å². The lowest BCUT2D eigenvalue weighted by atomic mass is 9.99. The molecule has 0 saturated carbocycles. The Hall–Kier alpha value is -2.04. The molecule has 1 aromatic carbocycles. The zero-order valence-corrected chi connectivity index (χ0v) is 9.93. The van der Waals surface area contributed by atoms with Crippen LogP contribution >= 0.6 is 0 Å². The Kier molecular flexibility index (Phi) is 2.66. The van der Waals surface area contributed by atoms with Crippen molar-refractivity contribution in [1.82, 2.24) is 15.5 Å². The van der Waals surface area contributed by atoms with E-state index in [9.17, 15) is 9.59 Å². The van der Waals surface area contributed by atoms with Gasteiger partial charge in [-0.1, -0.05) is 30.3 Å². The number of carbonyl (C=O) groups is 2. The fraction of sp³-hybridized carbons (Fsp3) is 0.385. The third kappa shape index (κ3) is 1.92. The molecule has 1 unspecified atom stereocenters. The molecule has 2 heterocycles. The van der Waals surface area contributed by atoms with Crippen molar-refractivity contribution in [1.29, 1.82) is 0 Å². The van der Waals surface area contributed by atoms with Crippen molar-refractivity contribution in [3.05, 3.63) is 35.9 Å². The molecule has 2 atom stereocenters. The second-order valence-corrected chi connectivity index (χ2v) is 4.75. The predicted octanol–water partition coefficient (Wildman–Crippen LogP) is 0.121. The van der Waals surface area contributed by atoms with Crippen LogP contribution in [0.4, 0.5) is 4.79 Å². The molecule has 2 aliphatic rings. The molecule has 2 saturated heterocycles. The van der Waals surface area contributed by atoms with Gasteiger partial charge >= 0.3 is 6.03 Å². The van der Waals surface area contributed by atoms with Gasteiger partial charge in [0.15, 0.2) is 0 Å². The average Bonchev–Trinajstić information content (AvgIpc) is 2.67. The van der Waals surface area contributed by atoms with Crippen molar-refractivity contribution in [2.45, 2.75) is 18.5 Å². The summed E-state index contributed by atoms with van der Waals surface area (Å²) in [6.07, 6.45) is 0.795. The predicted molar refractivity (Wildman–Crippen MR) is 66.0 cm³/mol. The summed E-state index contributed by atoms with van der Waals surface area (Å²) in [5.74, 6) is -0.0817. The van der Waals surface area contributed by atoms with Crippen LogP contribution in [0.5, 0.6) is 0 Å². The van der Waals surface area contributed by atoms with Gasteiger partial charge in [0.05, 0.1) is 12.1 Å². The maximum Gasteiger partial charge on any atom is 0.318 e. The van der Waals surface area contributed by atoms with Crippen LogP contribution in [0.1, 0.15) is 5.56 Å². The zero-order chi connectivity index (χ0) is 12.5. The van der Waals surface area contributed by atoms with Gasteiger partial charge in [0.1, 0.15) is 6.54 Å². The minimum atomic E-state index is -0.129. The van der Waals surface area contributed by atoms with Gasteiger partial charge in [-0.05, 0) is 12.0 Å². The lowest BCUT2D eigenvalue weighted by Gasteiger charge is -2.30. The minimum absolute atomic E-state index is 0.0652. The summed E-state index contributed by atoms with van der Waals surface area (Å²) in [4.78, 5) is 24.7. The molecule has 0 spiro atoms. The first-order valence-electron chi connectivity index (χ1n) is 6.12. The molecule has 0 aliphatic carbocycles. The van der Waals surface area contributed by atoms with E-state index in [1.54, 1.807) is 4.90 Å². The standard InChI is InChI=1S/C13H15N3O2/c17-12-8-16-11(7-14-12)10(15-13(16)18)6-9-4-2-1-3-5-9/h1-5,10-11H,6-8H2,(H,14,17)(H,15,18)/t10-,11?/m0/s1. The zero-order valence-electron chi connectivity index (χ0n) is 9.93. The van der Waals surface area contributed by atoms with Crippen molar-refractivity contribution >= 4 is 11.9 Å². The van der Waals surface area contributed by atoms with E-state index in [2.05, 4.69) is 22.8 Å². The number of hydrogen-bond donors (Lipinski definition) is 2. The summed E-state index contributed by atoms with van der Waals surface area (Å²) < 4.78 is 0. The quantitative estimate of drug-likeness (QED) is 0.777. The van der Waals surface area contributed by atoms with Crippen LogP contribution in [0.3, 0.4) is 0 Å². The monoisotopic (exact) mass is 245 g/mol. The minimum Gasteiger partial charge on any atom is -0.352 e. The van der Waals surface area contributed by atoms with Crippen molar-refractivity contribution < 1.29 is 9.59 Å². The molecule has 0 bridgehead atoms. The summed E-state index contributed by atoms with van der Waals surface area (Å²) >= 11 is 0. The van der Waals surface area contributed by atoms with E-state index >= 15 is 0 Å². The number of hydrogen-bond acceptors (Lipinski definition) is 2. The van der Waals surface area contributed by atoms with Crippen molar-refractivity contribution in [2.75, 3.05) is 13.1 Å². The topological polar surface area (TPSA) is 61.4 Å². The third-order valence-electron chi connectivity index (χ3n) is 3.56. The SMILES string of the molecule is O=C1CN2C(=O)N[C@@H](Cc3ccccc3)C2CN1. The molecule has 2 aliphatic heterocycles. The maximum atomic E-state index is 11.8. The first-order valence-corrected chi connectivity index (χ1v) is 6.12. The molecule has 2 N–H and O–H groups in total. The summed E-state index contributed by atoms with van der Waals surface area (Å²) in [7, 11) is 0. The van der Waals surface area contributed by atoms with Crippen molar-refractivity contribution in [3.63, 3.8) is 0 Å². The fourth-order valence-corrected chi connectivity index (χ4v) is 2.63. The number of benzene rings is 1. The molecule has 18 heavy (non-hydrogen) atoms. The number of amides is 3. The summed E-state index contributed by atoms with van der Waals surface area (Å²) in [5.41, 5.74) is 1.20. The van der Waals surface area contributed by atoms with Crippen LogP contribution < -0.4 is 10.6 Å². The van der Waals surface area contributed by atoms with Crippen LogP contribution in [-0.2, 0) is 11.2 Å². The Morgan fingerprint density at radius 3 is 2.78 bits per heavy atom. The largest absolute Gasteiger partial charge is 0.352 e. The number of urea groups is 1. The molecule has 5 nitrogen and oxygen atoms in total. The smallest absolute Gasteiger partial charge is 0.318 e. The second-order valence-electron chi connectivity index (χ2n) is 4.75. The lowest BCUT2D eigenvalue weighted by molar-refractivity contribution is -0.124. The van der Waals surface area contributed by atoms with Crippen LogP contribution in [0.15, 0.2) is 30.3 Å². The molecular formula is C13H15N3O2. The number of nitrogens with one attached hydrogen (secondary N) is 2. The molecule has 2 fully saturated rings. The number of nitrogens with zero attached hydrogens (tertiary/aromatic N) is 1. The molecule has 94 valence electrons. The van der Waals surface area contributed by atoms with E-state index in [1.807, 2.05) is 18.2 Å². The fourth-order valence-electron chi connectivity index (χ4n) is 2.63. The summed E-state index contributed by atoms with van der Waals surface area (Å²) in [6, 6.07) is 10.1. The highest BCUT2D eigenvalue weighted by molar-refractivity contribution is 5.87.